The predicted octanol–water partition coefficient (Wildman–Crippen LogP) is 1.86. The van der Waals surface area contributed by atoms with Crippen molar-refractivity contribution in [2.45, 2.75) is 25.8 Å². The van der Waals surface area contributed by atoms with Gasteiger partial charge in [0.2, 0.25) is 5.91 Å². The fourth-order valence-corrected chi connectivity index (χ4v) is 2.89. The van der Waals surface area contributed by atoms with Crippen molar-refractivity contribution in [1.82, 2.24) is 30.0 Å². The van der Waals surface area contributed by atoms with E-state index in [0.29, 0.717) is 11.6 Å². The molecule has 0 aliphatic rings. The van der Waals surface area contributed by atoms with Crippen molar-refractivity contribution in [1.29, 1.82) is 0 Å². The average Bonchev–Trinajstić information content (AvgIpc) is 3.19. The van der Waals surface area contributed by atoms with Gasteiger partial charge in [-0.25, -0.2) is 9.97 Å². The lowest BCUT2D eigenvalue weighted by molar-refractivity contribution is -0.122. The summed E-state index contributed by atoms with van der Waals surface area (Å²) in [5.41, 5.74) is 0.216. The maximum absolute atomic E-state index is 12.3. The lowest BCUT2D eigenvalue weighted by atomic mass is 10.0. The number of H-pyrrole nitrogens is 1. The van der Waals surface area contributed by atoms with Crippen LogP contribution < -0.4 is 5.32 Å². The Morgan fingerprint density at radius 2 is 2.30 bits per heavy atom. The average molecular weight is 330 g/mol. The highest BCUT2D eigenvalue weighted by Gasteiger charge is 2.27. The van der Waals surface area contributed by atoms with Gasteiger partial charge in [-0.05, 0) is 25.3 Å². The Kier molecular flexibility index (Phi) is 3.99. The topological polar surface area (TPSA) is 88.5 Å². The first kappa shape index (κ1) is 15.4. The standard InChI is InChI=1S/C15H18N6OS/c1-15(2,18-12(22)7-10-8-16-9-21(10)3)14-17-13(19-20-14)11-5-4-6-23-11/h4-6,8-9H,7H2,1-3H3,(H,18,22)(H,17,19,20). The molecule has 0 saturated heterocycles. The van der Waals surface area contributed by atoms with Crippen LogP contribution in [0.2, 0.25) is 0 Å². The Balaban J connectivity index is 1.71. The van der Waals surface area contributed by atoms with Crippen LogP contribution in [0.4, 0.5) is 0 Å². The first-order valence-corrected chi connectivity index (χ1v) is 8.06. The number of carbonyl (C=O) groups is 1. The summed E-state index contributed by atoms with van der Waals surface area (Å²) in [5, 5.41) is 12.1. The van der Waals surface area contributed by atoms with Gasteiger partial charge in [0.1, 0.15) is 5.82 Å². The lowest BCUT2D eigenvalue weighted by Crippen LogP contribution is -2.42. The molecule has 0 unspecified atom stereocenters. The summed E-state index contributed by atoms with van der Waals surface area (Å²) in [6.07, 6.45) is 3.64. The third-order valence-electron chi connectivity index (χ3n) is 3.53. The Labute approximate surface area is 137 Å². The fourth-order valence-electron chi connectivity index (χ4n) is 2.23. The molecule has 0 aromatic carbocycles. The van der Waals surface area contributed by atoms with Crippen molar-refractivity contribution in [2.24, 2.45) is 7.05 Å². The van der Waals surface area contributed by atoms with E-state index in [1.807, 2.05) is 43.0 Å². The minimum absolute atomic E-state index is 0.0901. The molecule has 23 heavy (non-hydrogen) atoms. The molecule has 0 atom stereocenters. The molecule has 3 rings (SSSR count). The number of aromatic amines is 1. The molecule has 0 aliphatic carbocycles. The molecule has 2 N–H and O–H groups in total. The number of rotatable bonds is 5. The van der Waals surface area contributed by atoms with E-state index in [1.165, 1.54) is 0 Å². The number of nitrogens with one attached hydrogen (secondary N) is 2. The minimum Gasteiger partial charge on any atom is -0.344 e. The van der Waals surface area contributed by atoms with E-state index in [0.717, 1.165) is 10.6 Å². The highest BCUT2D eigenvalue weighted by Crippen LogP contribution is 2.23. The first-order valence-electron chi connectivity index (χ1n) is 7.18. The van der Waals surface area contributed by atoms with E-state index in [4.69, 9.17) is 0 Å². The summed E-state index contributed by atoms with van der Waals surface area (Å²) in [7, 11) is 1.87. The molecule has 1 amide bonds. The van der Waals surface area contributed by atoms with Crippen LogP contribution in [-0.2, 0) is 23.8 Å². The van der Waals surface area contributed by atoms with Gasteiger partial charge >= 0.3 is 0 Å². The molecule has 0 spiro atoms. The van der Waals surface area contributed by atoms with E-state index in [-0.39, 0.29) is 12.3 Å². The Morgan fingerprint density at radius 3 is 2.96 bits per heavy atom. The zero-order valence-corrected chi connectivity index (χ0v) is 14.0. The number of amides is 1. The highest BCUT2D eigenvalue weighted by molar-refractivity contribution is 7.13. The van der Waals surface area contributed by atoms with Crippen molar-refractivity contribution < 1.29 is 4.79 Å². The maximum atomic E-state index is 12.3. The quantitative estimate of drug-likeness (QED) is 0.747. The van der Waals surface area contributed by atoms with Crippen molar-refractivity contribution >= 4 is 17.2 Å². The molecule has 0 radical (unpaired) electrons. The summed E-state index contributed by atoms with van der Waals surface area (Å²) in [6, 6.07) is 3.92. The summed E-state index contributed by atoms with van der Waals surface area (Å²) >= 11 is 1.58. The second-order valence-corrected chi connectivity index (χ2v) is 6.78. The van der Waals surface area contributed by atoms with Gasteiger partial charge in [0.05, 0.1) is 23.2 Å². The van der Waals surface area contributed by atoms with Crippen LogP contribution in [0, 0.1) is 0 Å². The van der Waals surface area contributed by atoms with Crippen LogP contribution in [0.25, 0.3) is 10.7 Å². The van der Waals surface area contributed by atoms with Crippen molar-refractivity contribution in [2.75, 3.05) is 0 Å². The Bertz CT molecular complexity index is 802. The molecule has 0 fully saturated rings. The first-order chi connectivity index (χ1) is 11.0. The van der Waals surface area contributed by atoms with Gasteiger partial charge in [-0.1, -0.05) is 6.07 Å². The number of imidazole rings is 1. The molecule has 0 saturated carbocycles. The van der Waals surface area contributed by atoms with Crippen LogP contribution >= 0.6 is 11.3 Å². The molecule has 8 heteroatoms. The highest BCUT2D eigenvalue weighted by atomic mass is 32.1. The molecular formula is C15H18N6OS. The normalized spacial score (nSPS) is 11.6. The molecule has 0 bridgehead atoms. The van der Waals surface area contributed by atoms with Crippen molar-refractivity contribution in [3.05, 3.63) is 41.6 Å². The van der Waals surface area contributed by atoms with E-state index in [2.05, 4.69) is 25.5 Å². The van der Waals surface area contributed by atoms with E-state index in [1.54, 1.807) is 23.9 Å². The maximum Gasteiger partial charge on any atom is 0.226 e. The predicted molar refractivity (Wildman–Crippen MR) is 87.8 cm³/mol. The van der Waals surface area contributed by atoms with Crippen LogP contribution in [0.15, 0.2) is 30.0 Å². The number of aromatic nitrogens is 5. The second kappa shape index (κ2) is 5.96. The minimum atomic E-state index is -0.641. The number of hydrogen-bond acceptors (Lipinski definition) is 5. The number of carbonyl (C=O) groups excluding carboxylic acids is 1. The van der Waals surface area contributed by atoms with Gasteiger partial charge < -0.3 is 9.88 Å². The van der Waals surface area contributed by atoms with Crippen LogP contribution in [-0.4, -0.2) is 30.6 Å². The summed E-state index contributed by atoms with van der Waals surface area (Å²) in [5.74, 6) is 1.18. The molecule has 120 valence electrons. The van der Waals surface area contributed by atoms with Gasteiger partial charge in [0.15, 0.2) is 5.82 Å². The van der Waals surface area contributed by atoms with Gasteiger partial charge in [0.25, 0.3) is 0 Å². The molecule has 0 aliphatic heterocycles. The van der Waals surface area contributed by atoms with Gasteiger partial charge in [-0.15, -0.1) is 11.3 Å². The van der Waals surface area contributed by atoms with E-state index in [9.17, 15) is 4.79 Å². The zero-order valence-electron chi connectivity index (χ0n) is 13.2. The molecule has 3 heterocycles. The summed E-state index contributed by atoms with van der Waals surface area (Å²) in [6.45, 7) is 3.79. The number of thiophene rings is 1. The van der Waals surface area contributed by atoms with E-state index >= 15 is 0 Å². The van der Waals surface area contributed by atoms with Gasteiger partial charge in [-0.3, -0.25) is 9.89 Å². The Morgan fingerprint density at radius 1 is 1.48 bits per heavy atom. The van der Waals surface area contributed by atoms with Crippen LogP contribution in [0.1, 0.15) is 25.4 Å². The molecule has 7 nitrogen and oxygen atoms in total. The smallest absolute Gasteiger partial charge is 0.226 e. The van der Waals surface area contributed by atoms with Crippen molar-refractivity contribution in [3.8, 4) is 10.7 Å². The SMILES string of the molecule is Cn1cncc1CC(=O)NC(C)(C)c1nc(-c2cccs2)n[nH]1. The lowest BCUT2D eigenvalue weighted by Gasteiger charge is -2.23. The Hall–Kier alpha value is -2.48. The number of nitrogens with zero attached hydrogens (tertiary/aromatic N) is 4. The third kappa shape index (κ3) is 3.31. The second-order valence-electron chi connectivity index (χ2n) is 5.83. The summed E-state index contributed by atoms with van der Waals surface area (Å²) in [4.78, 5) is 21.8. The fraction of sp³-hybridized carbons (Fsp3) is 0.333. The van der Waals surface area contributed by atoms with E-state index < -0.39 is 5.54 Å². The summed E-state index contributed by atoms with van der Waals surface area (Å²) < 4.78 is 1.83. The zero-order chi connectivity index (χ0) is 16.4. The third-order valence-corrected chi connectivity index (χ3v) is 4.39. The molecule has 3 aromatic rings. The number of aryl methyl sites for hydroxylation is 1. The number of hydrogen-bond donors (Lipinski definition) is 2. The largest absolute Gasteiger partial charge is 0.344 e. The molecule has 3 aromatic heterocycles. The van der Waals surface area contributed by atoms with Gasteiger partial charge in [-0.2, -0.15) is 5.10 Å². The molecular weight excluding hydrogens is 312 g/mol. The van der Waals surface area contributed by atoms with Crippen LogP contribution in [0.3, 0.4) is 0 Å². The van der Waals surface area contributed by atoms with Gasteiger partial charge in [0, 0.05) is 18.9 Å². The van der Waals surface area contributed by atoms with Crippen molar-refractivity contribution in [3.63, 3.8) is 0 Å². The monoisotopic (exact) mass is 330 g/mol. The van der Waals surface area contributed by atoms with Crippen LogP contribution in [0.5, 0.6) is 0 Å².